The second kappa shape index (κ2) is 10.2. The second-order valence-electron chi connectivity index (χ2n) is 10.6. The molecule has 2 amide bonds. The average Bonchev–Trinajstić information content (AvgIpc) is 2.75. The summed E-state index contributed by atoms with van der Waals surface area (Å²) in [6.07, 6.45) is 8.49. The van der Waals surface area contributed by atoms with E-state index in [1.165, 1.54) is 37.3 Å². The summed E-state index contributed by atoms with van der Waals surface area (Å²) in [6.45, 7) is 13.2. The maximum Gasteiger partial charge on any atom is 0.246 e. The number of amides is 2. The molecule has 1 fully saturated rings. The van der Waals surface area contributed by atoms with E-state index in [-0.39, 0.29) is 23.3 Å². The van der Waals surface area contributed by atoms with Crippen LogP contribution in [0.4, 0.5) is 0 Å². The standard InChI is InChI=1S/C27H41N3O2/c1-6-7-17-27(28-20(2)31,25(32)29-26(3,4)5)22-15-18-30(19-16-22)24-14-10-12-21-11-8-9-13-23(21)24/h6,8-9,11,13,22,24H,1,7,10,12,14-19H2,2-5H3,(H,28,31)(H,29,32). The normalized spacial score (nSPS) is 21.8. The maximum absolute atomic E-state index is 13.6. The summed E-state index contributed by atoms with van der Waals surface area (Å²) in [5.41, 5.74) is 1.70. The van der Waals surface area contributed by atoms with Crippen molar-refractivity contribution in [1.29, 1.82) is 0 Å². The zero-order chi connectivity index (χ0) is 23.4. The summed E-state index contributed by atoms with van der Waals surface area (Å²) >= 11 is 0. The third-order valence-electron chi connectivity index (χ3n) is 7.04. The fourth-order valence-electron chi connectivity index (χ4n) is 5.63. The fourth-order valence-corrected chi connectivity index (χ4v) is 5.63. The van der Waals surface area contributed by atoms with Crippen molar-refractivity contribution in [1.82, 2.24) is 15.5 Å². The molecule has 2 N–H and O–H groups in total. The van der Waals surface area contributed by atoms with Crippen LogP contribution in [0.3, 0.4) is 0 Å². The molecule has 0 radical (unpaired) electrons. The Morgan fingerprint density at radius 1 is 1.12 bits per heavy atom. The Morgan fingerprint density at radius 2 is 1.81 bits per heavy atom. The van der Waals surface area contributed by atoms with Crippen molar-refractivity contribution in [3.8, 4) is 0 Å². The Morgan fingerprint density at radius 3 is 2.44 bits per heavy atom. The van der Waals surface area contributed by atoms with E-state index in [9.17, 15) is 9.59 Å². The molecule has 1 aliphatic heterocycles. The minimum atomic E-state index is -0.899. The van der Waals surface area contributed by atoms with Crippen LogP contribution in [0, 0.1) is 5.92 Å². The van der Waals surface area contributed by atoms with E-state index in [1.807, 2.05) is 26.8 Å². The second-order valence-corrected chi connectivity index (χ2v) is 10.6. The van der Waals surface area contributed by atoms with E-state index in [0.29, 0.717) is 18.9 Å². The van der Waals surface area contributed by atoms with Crippen LogP contribution in [0.5, 0.6) is 0 Å². The SMILES string of the molecule is C=CCCC(NC(C)=O)(C(=O)NC(C)(C)C)C1CCN(C2CCCc3ccccc32)CC1. The Hall–Kier alpha value is -2.14. The number of hydrogen-bond acceptors (Lipinski definition) is 3. The highest BCUT2D eigenvalue weighted by Crippen LogP contribution is 2.39. The van der Waals surface area contributed by atoms with Gasteiger partial charge in [-0.25, -0.2) is 0 Å². The smallest absolute Gasteiger partial charge is 0.246 e. The van der Waals surface area contributed by atoms with E-state index in [2.05, 4.69) is 46.4 Å². The van der Waals surface area contributed by atoms with Crippen LogP contribution >= 0.6 is 0 Å². The molecule has 3 rings (SSSR count). The lowest BCUT2D eigenvalue weighted by atomic mass is 9.73. The molecule has 0 saturated carbocycles. The van der Waals surface area contributed by atoms with Crippen LogP contribution in [-0.2, 0) is 16.0 Å². The summed E-state index contributed by atoms with van der Waals surface area (Å²) in [5.74, 6) is -0.117. The van der Waals surface area contributed by atoms with Gasteiger partial charge in [0.15, 0.2) is 0 Å². The number of benzene rings is 1. The third-order valence-corrected chi connectivity index (χ3v) is 7.04. The van der Waals surface area contributed by atoms with Crippen LogP contribution in [0.25, 0.3) is 0 Å². The van der Waals surface area contributed by atoms with E-state index >= 15 is 0 Å². The predicted octanol–water partition coefficient (Wildman–Crippen LogP) is 4.53. The monoisotopic (exact) mass is 439 g/mol. The minimum Gasteiger partial charge on any atom is -0.349 e. The average molecular weight is 440 g/mol. The van der Waals surface area contributed by atoms with Gasteiger partial charge in [0, 0.05) is 18.5 Å². The first-order valence-corrected chi connectivity index (χ1v) is 12.2. The van der Waals surface area contributed by atoms with Crippen LogP contribution < -0.4 is 10.6 Å². The third kappa shape index (κ3) is 5.61. The van der Waals surface area contributed by atoms with Crippen LogP contribution in [0.15, 0.2) is 36.9 Å². The lowest BCUT2D eigenvalue weighted by Gasteiger charge is -2.47. The van der Waals surface area contributed by atoms with Gasteiger partial charge >= 0.3 is 0 Å². The molecule has 1 aromatic rings. The molecule has 1 aliphatic carbocycles. The van der Waals surface area contributed by atoms with Crippen LogP contribution in [-0.4, -0.2) is 40.9 Å². The highest BCUT2D eigenvalue weighted by atomic mass is 16.2. The molecule has 176 valence electrons. The number of allylic oxidation sites excluding steroid dienone is 1. The molecular weight excluding hydrogens is 398 g/mol. The van der Waals surface area contributed by atoms with E-state index in [1.54, 1.807) is 0 Å². The lowest BCUT2D eigenvalue weighted by molar-refractivity contribution is -0.138. The molecule has 0 aromatic heterocycles. The molecule has 32 heavy (non-hydrogen) atoms. The van der Waals surface area contributed by atoms with Crippen molar-refractivity contribution in [3.63, 3.8) is 0 Å². The number of piperidine rings is 1. The highest BCUT2D eigenvalue weighted by molar-refractivity contribution is 5.91. The van der Waals surface area contributed by atoms with Gasteiger partial charge < -0.3 is 10.6 Å². The zero-order valence-corrected chi connectivity index (χ0v) is 20.4. The summed E-state index contributed by atoms with van der Waals surface area (Å²) in [4.78, 5) is 28.5. The van der Waals surface area contributed by atoms with Crippen LogP contribution in [0.1, 0.15) is 83.4 Å². The van der Waals surface area contributed by atoms with Crippen molar-refractivity contribution in [3.05, 3.63) is 48.0 Å². The Balaban J connectivity index is 1.81. The molecule has 2 aliphatic rings. The van der Waals surface area contributed by atoms with Crippen molar-refractivity contribution in [2.45, 2.75) is 89.8 Å². The Bertz CT molecular complexity index is 820. The Kier molecular flexibility index (Phi) is 7.81. The molecular formula is C27H41N3O2. The highest BCUT2D eigenvalue weighted by Gasteiger charge is 2.48. The number of rotatable bonds is 7. The summed E-state index contributed by atoms with van der Waals surface area (Å²) in [6, 6.07) is 9.31. The molecule has 2 atom stereocenters. The number of nitrogens with zero attached hydrogens (tertiary/aromatic N) is 1. The first-order valence-electron chi connectivity index (χ1n) is 12.2. The number of carbonyl (C=O) groups excluding carboxylic acids is 2. The molecule has 1 saturated heterocycles. The molecule has 5 nitrogen and oxygen atoms in total. The van der Waals surface area contributed by atoms with Gasteiger partial charge in [-0.05, 0) is 95.9 Å². The van der Waals surface area contributed by atoms with E-state index < -0.39 is 5.54 Å². The van der Waals surface area contributed by atoms with Gasteiger partial charge in [-0.3, -0.25) is 14.5 Å². The number of aryl methyl sites for hydroxylation is 1. The maximum atomic E-state index is 13.6. The zero-order valence-electron chi connectivity index (χ0n) is 20.4. The fraction of sp³-hybridized carbons (Fsp3) is 0.630. The van der Waals surface area contributed by atoms with Gasteiger partial charge in [0.25, 0.3) is 0 Å². The predicted molar refractivity (Wildman–Crippen MR) is 130 cm³/mol. The number of carbonyl (C=O) groups is 2. The van der Waals surface area contributed by atoms with Gasteiger partial charge in [0.1, 0.15) is 5.54 Å². The van der Waals surface area contributed by atoms with Gasteiger partial charge in [0.2, 0.25) is 11.8 Å². The van der Waals surface area contributed by atoms with E-state index in [4.69, 9.17) is 0 Å². The number of likely N-dealkylation sites (tertiary alicyclic amines) is 1. The van der Waals surface area contributed by atoms with Crippen molar-refractivity contribution < 1.29 is 9.59 Å². The van der Waals surface area contributed by atoms with E-state index in [0.717, 1.165) is 25.9 Å². The van der Waals surface area contributed by atoms with Gasteiger partial charge in [-0.2, -0.15) is 0 Å². The van der Waals surface area contributed by atoms with Crippen molar-refractivity contribution in [2.24, 2.45) is 5.92 Å². The Labute approximate surface area is 194 Å². The number of fused-ring (bicyclic) bond motifs is 1. The van der Waals surface area contributed by atoms with Crippen molar-refractivity contribution >= 4 is 11.8 Å². The molecule has 2 unspecified atom stereocenters. The summed E-state index contributed by atoms with van der Waals surface area (Å²) < 4.78 is 0. The first-order chi connectivity index (χ1) is 15.2. The first kappa shape index (κ1) is 24.5. The minimum absolute atomic E-state index is 0.0662. The number of nitrogens with one attached hydrogen (secondary N) is 2. The summed E-state index contributed by atoms with van der Waals surface area (Å²) in [5, 5.41) is 6.27. The quantitative estimate of drug-likeness (QED) is 0.614. The van der Waals surface area contributed by atoms with Gasteiger partial charge in [-0.15, -0.1) is 6.58 Å². The lowest BCUT2D eigenvalue weighted by Crippen LogP contribution is -2.66. The topological polar surface area (TPSA) is 61.4 Å². The molecule has 0 spiro atoms. The summed E-state index contributed by atoms with van der Waals surface area (Å²) in [7, 11) is 0. The van der Waals surface area contributed by atoms with Crippen LogP contribution in [0.2, 0.25) is 0 Å². The van der Waals surface area contributed by atoms with Gasteiger partial charge in [-0.1, -0.05) is 30.3 Å². The number of hydrogen-bond donors (Lipinski definition) is 2. The largest absolute Gasteiger partial charge is 0.349 e. The molecule has 1 heterocycles. The van der Waals surface area contributed by atoms with Crippen molar-refractivity contribution in [2.75, 3.05) is 13.1 Å². The molecule has 0 bridgehead atoms. The molecule has 1 aromatic carbocycles. The molecule has 5 heteroatoms. The van der Waals surface area contributed by atoms with Gasteiger partial charge in [0.05, 0.1) is 0 Å².